The zero-order valence-electron chi connectivity index (χ0n) is 14.5. The largest absolute Gasteiger partial charge is 0.357 e. The van der Waals surface area contributed by atoms with Gasteiger partial charge in [0, 0.05) is 37.0 Å². The average Bonchev–Trinajstić information content (AvgIpc) is 2.78. The highest BCUT2D eigenvalue weighted by molar-refractivity contribution is 5.79. The second kappa shape index (κ2) is 7.90. The molecule has 0 radical (unpaired) electrons. The average molecular weight is 335 g/mol. The second-order valence-electron chi connectivity index (χ2n) is 5.56. The fourth-order valence-electron chi connectivity index (χ4n) is 2.42. The van der Waals surface area contributed by atoms with Gasteiger partial charge in [0.25, 0.3) is 0 Å². The van der Waals surface area contributed by atoms with Gasteiger partial charge in [-0.05, 0) is 39.0 Å². The molecule has 0 saturated heterocycles. The Morgan fingerprint density at radius 1 is 1.25 bits per heavy atom. The van der Waals surface area contributed by atoms with Gasteiger partial charge in [0.1, 0.15) is 11.6 Å². The van der Waals surface area contributed by atoms with Crippen molar-refractivity contribution in [2.75, 3.05) is 6.54 Å². The molecule has 0 bridgehead atoms. The summed E-state index contributed by atoms with van der Waals surface area (Å²) in [7, 11) is 1.90. The van der Waals surface area contributed by atoms with Gasteiger partial charge in [-0.25, -0.2) is 13.8 Å². The van der Waals surface area contributed by atoms with Gasteiger partial charge >= 0.3 is 0 Å². The van der Waals surface area contributed by atoms with Crippen molar-refractivity contribution in [1.29, 1.82) is 0 Å². The van der Waals surface area contributed by atoms with E-state index >= 15 is 0 Å². The van der Waals surface area contributed by atoms with Gasteiger partial charge in [0.2, 0.25) is 0 Å². The van der Waals surface area contributed by atoms with Gasteiger partial charge in [-0.15, -0.1) is 0 Å². The van der Waals surface area contributed by atoms with Crippen molar-refractivity contribution in [2.45, 2.75) is 33.9 Å². The Labute approximate surface area is 140 Å². The van der Waals surface area contributed by atoms with Gasteiger partial charge in [0.05, 0.1) is 12.2 Å². The van der Waals surface area contributed by atoms with E-state index in [9.17, 15) is 8.78 Å². The fraction of sp³-hybridized carbons (Fsp3) is 0.412. The first-order chi connectivity index (χ1) is 11.4. The molecule has 130 valence electrons. The smallest absolute Gasteiger partial charge is 0.191 e. The Morgan fingerprint density at radius 3 is 2.62 bits per heavy atom. The van der Waals surface area contributed by atoms with Crippen LogP contribution in [0.5, 0.6) is 0 Å². The van der Waals surface area contributed by atoms with Crippen LogP contribution in [0.3, 0.4) is 0 Å². The molecule has 1 heterocycles. The summed E-state index contributed by atoms with van der Waals surface area (Å²) in [6.45, 7) is 7.19. The molecule has 0 atom stereocenters. The molecule has 5 nitrogen and oxygen atoms in total. The summed E-state index contributed by atoms with van der Waals surface area (Å²) in [6.07, 6.45) is 0. The van der Waals surface area contributed by atoms with Crippen molar-refractivity contribution < 1.29 is 8.78 Å². The fourth-order valence-corrected chi connectivity index (χ4v) is 2.42. The standard InChI is InChI=1S/C17H23F2N5/c1-5-20-17(21-9-13-8-14(18)6-7-16(13)19)22-10-15-11(2)23-24(4)12(15)3/h6-8H,5,9-10H2,1-4H3,(H2,20,21,22). The third-order valence-corrected chi connectivity index (χ3v) is 3.85. The number of guanidine groups is 1. The van der Waals surface area contributed by atoms with Crippen LogP contribution in [0.4, 0.5) is 8.78 Å². The van der Waals surface area contributed by atoms with E-state index in [0.717, 1.165) is 35.2 Å². The Balaban J connectivity index is 2.09. The van der Waals surface area contributed by atoms with Crippen LogP contribution in [0.1, 0.15) is 29.4 Å². The van der Waals surface area contributed by atoms with E-state index in [2.05, 4.69) is 20.7 Å². The minimum absolute atomic E-state index is 0.0595. The normalized spacial score (nSPS) is 11.7. The topological polar surface area (TPSA) is 54.2 Å². The van der Waals surface area contributed by atoms with E-state index in [1.54, 1.807) is 0 Å². The molecule has 0 aliphatic heterocycles. The molecule has 0 aliphatic rings. The third kappa shape index (κ3) is 4.31. The van der Waals surface area contributed by atoms with Crippen LogP contribution in [0, 0.1) is 25.5 Å². The van der Waals surface area contributed by atoms with Crippen molar-refractivity contribution in [2.24, 2.45) is 12.0 Å². The maximum absolute atomic E-state index is 13.7. The number of nitrogens with one attached hydrogen (secondary N) is 2. The SMILES string of the molecule is CCNC(=NCc1cc(F)ccc1F)NCc1c(C)nn(C)c1C. The number of nitrogens with zero attached hydrogens (tertiary/aromatic N) is 3. The minimum atomic E-state index is -0.471. The summed E-state index contributed by atoms with van der Waals surface area (Å²) in [5.41, 5.74) is 3.35. The van der Waals surface area contributed by atoms with E-state index < -0.39 is 11.6 Å². The lowest BCUT2D eigenvalue weighted by Gasteiger charge is -2.12. The van der Waals surface area contributed by atoms with Gasteiger partial charge in [0.15, 0.2) is 5.96 Å². The zero-order chi connectivity index (χ0) is 17.7. The predicted molar refractivity (Wildman–Crippen MR) is 90.7 cm³/mol. The summed E-state index contributed by atoms with van der Waals surface area (Å²) in [5, 5.41) is 10.7. The first-order valence-electron chi connectivity index (χ1n) is 7.87. The van der Waals surface area contributed by atoms with Gasteiger partial charge in [-0.3, -0.25) is 4.68 Å². The van der Waals surface area contributed by atoms with Gasteiger partial charge in [-0.1, -0.05) is 0 Å². The zero-order valence-corrected chi connectivity index (χ0v) is 14.5. The third-order valence-electron chi connectivity index (χ3n) is 3.85. The van der Waals surface area contributed by atoms with Crippen molar-refractivity contribution in [3.05, 3.63) is 52.3 Å². The molecule has 2 N–H and O–H groups in total. The van der Waals surface area contributed by atoms with Crippen molar-refractivity contribution in [3.8, 4) is 0 Å². The second-order valence-corrected chi connectivity index (χ2v) is 5.56. The van der Waals surface area contributed by atoms with Crippen LogP contribution in [-0.2, 0) is 20.1 Å². The maximum Gasteiger partial charge on any atom is 0.191 e. The lowest BCUT2D eigenvalue weighted by Crippen LogP contribution is -2.37. The molecule has 2 rings (SSSR count). The molecule has 0 amide bonds. The number of rotatable bonds is 5. The summed E-state index contributed by atoms with van der Waals surface area (Å²) in [6, 6.07) is 3.38. The highest BCUT2D eigenvalue weighted by Crippen LogP contribution is 2.12. The Kier molecular flexibility index (Phi) is 5.89. The summed E-state index contributed by atoms with van der Waals surface area (Å²) >= 11 is 0. The number of hydrogen-bond donors (Lipinski definition) is 2. The monoisotopic (exact) mass is 335 g/mol. The number of benzene rings is 1. The Bertz CT molecular complexity index is 737. The van der Waals surface area contributed by atoms with E-state index in [1.807, 2.05) is 32.5 Å². The van der Waals surface area contributed by atoms with E-state index in [4.69, 9.17) is 0 Å². The van der Waals surface area contributed by atoms with E-state index in [0.29, 0.717) is 19.0 Å². The molecule has 24 heavy (non-hydrogen) atoms. The number of hydrogen-bond acceptors (Lipinski definition) is 2. The van der Waals surface area contributed by atoms with E-state index in [-0.39, 0.29) is 12.1 Å². The van der Waals surface area contributed by atoms with Crippen molar-refractivity contribution >= 4 is 5.96 Å². The summed E-state index contributed by atoms with van der Waals surface area (Å²) in [4.78, 5) is 4.33. The number of aryl methyl sites for hydroxylation is 2. The van der Waals surface area contributed by atoms with Crippen LogP contribution in [0.25, 0.3) is 0 Å². The summed E-state index contributed by atoms with van der Waals surface area (Å²) in [5.74, 6) is -0.389. The molecule has 0 spiro atoms. The van der Waals surface area contributed by atoms with Gasteiger partial charge < -0.3 is 10.6 Å². The number of halogens is 2. The van der Waals surface area contributed by atoms with E-state index in [1.165, 1.54) is 0 Å². The molecule has 1 aromatic heterocycles. The molecular formula is C17H23F2N5. The van der Waals surface area contributed by atoms with Crippen LogP contribution in [-0.4, -0.2) is 22.3 Å². The highest BCUT2D eigenvalue weighted by atomic mass is 19.1. The first-order valence-corrected chi connectivity index (χ1v) is 7.87. The quantitative estimate of drug-likeness (QED) is 0.652. The molecule has 7 heteroatoms. The highest BCUT2D eigenvalue weighted by Gasteiger charge is 2.10. The molecule has 0 unspecified atom stereocenters. The molecule has 2 aromatic rings. The molecule has 0 aliphatic carbocycles. The maximum atomic E-state index is 13.7. The molecule has 1 aromatic carbocycles. The lowest BCUT2D eigenvalue weighted by molar-refractivity contribution is 0.585. The van der Waals surface area contributed by atoms with Gasteiger partial charge in [-0.2, -0.15) is 5.10 Å². The molecule has 0 saturated carbocycles. The van der Waals surface area contributed by atoms with Crippen molar-refractivity contribution in [3.63, 3.8) is 0 Å². The predicted octanol–water partition coefficient (Wildman–Crippen LogP) is 2.57. The lowest BCUT2D eigenvalue weighted by atomic mass is 10.2. The van der Waals surface area contributed by atoms with Crippen LogP contribution in [0.2, 0.25) is 0 Å². The minimum Gasteiger partial charge on any atom is -0.357 e. The van der Waals surface area contributed by atoms with Crippen LogP contribution >= 0.6 is 0 Å². The Hall–Kier alpha value is -2.44. The van der Waals surface area contributed by atoms with Crippen LogP contribution in [0.15, 0.2) is 23.2 Å². The van der Waals surface area contributed by atoms with Crippen molar-refractivity contribution in [1.82, 2.24) is 20.4 Å². The first kappa shape index (κ1) is 17.9. The van der Waals surface area contributed by atoms with Crippen LogP contribution < -0.4 is 10.6 Å². The Morgan fingerprint density at radius 2 is 2.00 bits per heavy atom. The molecular weight excluding hydrogens is 312 g/mol. The number of aromatic nitrogens is 2. The number of aliphatic imine (C=N–C) groups is 1. The summed E-state index contributed by atoms with van der Waals surface area (Å²) < 4.78 is 28.7. The molecule has 0 fully saturated rings.